The predicted octanol–water partition coefficient (Wildman–Crippen LogP) is 5.06. The maximum absolute atomic E-state index is 11.7. The number of hydrogen-bond donors (Lipinski definition) is 1. The van der Waals surface area contributed by atoms with Gasteiger partial charge in [0.2, 0.25) is 0 Å². The second-order valence-corrected chi connectivity index (χ2v) is 12.6. The van der Waals surface area contributed by atoms with E-state index < -0.39 is 11.4 Å². The molecule has 8 heteroatoms. The van der Waals surface area contributed by atoms with Gasteiger partial charge in [0.05, 0.1) is 30.4 Å². The minimum absolute atomic E-state index is 0.240. The van der Waals surface area contributed by atoms with Gasteiger partial charge in [-0.05, 0) is 72.9 Å². The molecule has 3 fully saturated rings. The SMILES string of the molecule is Cc1cc(COc2c(C)cccc2-c2csc(N3CC[C@@]4(C(=O)O)C[C@H]4C3)n2)cc2c1CN(C1COC1)CC2. The predicted molar refractivity (Wildman–Crippen MR) is 152 cm³/mol. The molecule has 4 aliphatic rings. The van der Waals surface area contributed by atoms with Crippen molar-refractivity contribution in [2.75, 3.05) is 37.7 Å². The second-order valence-electron chi connectivity index (χ2n) is 11.8. The molecule has 2 aromatic carbocycles. The summed E-state index contributed by atoms with van der Waals surface area (Å²) in [6.45, 7) is 10.2. The highest BCUT2D eigenvalue weighted by Gasteiger charge is 2.62. The molecule has 1 saturated carbocycles. The number of benzene rings is 2. The van der Waals surface area contributed by atoms with Crippen molar-refractivity contribution in [1.29, 1.82) is 0 Å². The van der Waals surface area contributed by atoms with E-state index in [4.69, 9.17) is 14.5 Å². The topological polar surface area (TPSA) is 75.1 Å². The highest BCUT2D eigenvalue weighted by Crippen LogP contribution is 2.58. The van der Waals surface area contributed by atoms with Gasteiger partial charge >= 0.3 is 5.97 Å². The minimum Gasteiger partial charge on any atom is -0.488 e. The number of aryl methyl sites for hydroxylation is 2. The van der Waals surface area contributed by atoms with Gasteiger partial charge in [-0.15, -0.1) is 11.3 Å². The molecule has 1 N–H and O–H groups in total. The van der Waals surface area contributed by atoms with Crippen molar-refractivity contribution in [3.63, 3.8) is 0 Å². The van der Waals surface area contributed by atoms with Crippen LogP contribution in [-0.4, -0.2) is 59.8 Å². The molecule has 7 nitrogen and oxygen atoms in total. The Morgan fingerprint density at radius 3 is 2.87 bits per heavy atom. The van der Waals surface area contributed by atoms with E-state index in [0.717, 1.165) is 79.9 Å². The first-order chi connectivity index (χ1) is 18.9. The third kappa shape index (κ3) is 4.42. The Morgan fingerprint density at radius 2 is 2.10 bits per heavy atom. The van der Waals surface area contributed by atoms with Crippen molar-refractivity contribution in [2.45, 2.75) is 52.3 Å². The number of anilines is 1. The Labute approximate surface area is 233 Å². The van der Waals surface area contributed by atoms with Crippen molar-refractivity contribution >= 4 is 22.4 Å². The lowest BCUT2D eigenvalue weighted by molar-refractivity contribution is -0.144. The van der Waals surface area contributed by atoms with E-state index in [2.05, 4.69) is 59.4 Å². The normalized spacial score (nSPS) is 24.6. The molecule has 4 heterocycles. The maximum atomic E-state index is 11.7. The number of piperidine rings is 1. The molecule has 0 amide bonds. The lowest BCUT2D eigenvalue weighted by atomic mass is 9.92. The van der Waals surface area contributed by atoms with Crippen LogP contribution in [0.3, 0.4) is 0 Å². The zero-order valence-corrected chi connectivity index (χ0v) is 23.4. The average molecular weight is 546 g/mol. The molecule has 1 aromatic heterocycles. The van der Waals surface area contributed by atoms with Crippen molar-refractivity contribution < 1.29 is 19.4 Å². The highest BCUT2D eigenvalue weighted by atomic mass is 32.1. The third-order valence-electron chi connectivity index (χ3n) is 9.35. The fourth-order valence-electron chi connectivity index (χ4n) is 6.69. The molecule has 0 unspecified atom stereocenters. The summed E-state index contributed by atoms with van der Waals surface area (Å²) in [4.78, 5) is 21.5. The molecule has 3 aromatic rings. The number of carboxylic acids is 1. The fraction of sp³-hybridized carbons (Fsp3) is 0.484. The lowest BCUT2D eigenvalue weighted by Crippen LogP contribution is -2.50. The van der Waals surface area contributed by atoms with E-state index in [1.165, 1.54) is 22.3 Å². The van der Waals surface area contributed by atoms with Crippen LogP contribution >= 0.6 is 11.3 Å². The van der Waals surface area contributed by atoms with Crippen LogP contribution in [-0.2, 0) is 29.1 Å². The molecule has 0 bridgehead atoms. The first kappa shape index (κ1) is 25.1. The molecule has 39 heavy (non-hydrogen) atoms. The van der Waals surface area contributed by atoms with E-state index in [1.54, 1.807) is 11.3 Å². The number of fused-ring (bicyclic) bond motifs is 2. The van der Waals surface area contributed by atoms with Gasteiger partial charge in [-0.2, -0.15) is 0 Å². The summed E-state index contributed by atoms with van der Waals surface area (Å²) in [7, 11) is 0. The summed E-state index contributed by atoms with van der Waals surface area (Å²) in [5.74, 6) is 0.490. The Hall–Kier alpha value is -2.94. The van der Waals surface area contributed by atoms with Gasteiger partial charge in [0.25, 0.3) is 0 Å². The summed E-state index contributed by atoms with van der Waals surface area (Å²) in [5, 5.41) is 12.7. The minimum atomic E-state index is -0.631. The summed E-state index contributed by atoms with van der Waals surface area (Å²) in [6, 6.07) is 11.4. The molecule has 7 rings (SSSR count). The van der Waals surface area contributed by atoms with E-state index >= 15 is 0 Å². The van der Waals surface area contributed by atoms with Crippen LogP contribution in [0, 0.1) is 25.2 Å². The van der Waals surface area contributed by atoms with Gasteiger partial charge in [0.15, 0.2) is 5.13 Å². The molecule has 2 atom stereocenters. The zero-order chi connectivity index (χ0) is 26.7. The van der Waals surface area contributed by atoms with Crippen LogP contribution in [0.25, 0.3) is 11.3 Å². The largest absolute Gasteiger partial charge is 0.488 e. The van der Waals surface area contributed by atoms with Crippen LogP contribution < -0.4 is 9.64 Å². The Bertz CT molecular complexity index is 1430. The monoisotopic (exact) mass is 545 g/mol. The van der Waals surface area contributed by atoms with E-state index in [9.17, 15) is 9.90 Å². The summed E-state index contributed by atoms with van der Waals surface area (Å²) in [6.07, 6.45) is 2.57. The molecular weight excluding hydrogens is 510 g/mol. The average Bonchev–Trinajstić information content (AvgIpc) is 3.45. The summed E-state index contributed by atoms with van der Waals surface area (Å²) >= 11 is 1.63. The van der Waals surface area contributed by atoms with Crippen LogP contribution in [0.5, 0.6) is 5.75 Å². The standard InChI is InChI=1S/C31H35N3O4S/c1-19-4-3-5-25(27-18-39-30(32-27)34-9-7-31(29(35)36)12-23(31)13-34)28(19)38-15-21-10-20(2)26-14-33(24-16-37-17-24)8-6-22(26)11-21/h3-5,10-11,18,23-24H,6-9,12-17H2,1-2H3,(H,35,36)/t23-,31+/m0/s1. The number of rotatable bonds is 7. The third-order valence-corrected chi connectivity index (χ3v) is 10.3. The number of carbonyl (C=O) groups is 1. The summed E-state index contributed by atoms with van der Waals surface area (Å²) in [5.41, 5.74) is 8.01. The van der Waals surface area contributed by atoms with Gasteiger partial charge in [-0.25, -0.2) is 4.98 Å². The number of carboxylic acid groups (broad SMARTS) is 1. The van der Waals surface area contributed by atoms with E-state index in [1.807, 2.05) is 0 Å². The smallest absolute Gasteiger partial charge is 0.310 e. The van der Waals surface area contributed by atoms with Crippen molar-refractivity contribution in [3.05, 3.63) is 63.5 Å². The van der Waals surface area contributed by atoms with Crippen LogP contribution in [0.1, 0.15) is 40.7 Å². The number of nitrogens with zero attached hydrogens (tertiary/aromatic N) is 3. The number of hydrogen-bond acceptors (Lipinski definition) is 7. The van der Waals surface area contributed by atoms with Gasteiger partial charge in [0.1, 0.15) is 12.4 Å². The van der Waals surface area contributed by atoms with Crippen molar-refractivity contribution in [1.82, 2.24) is 9.88 Å². The molecular formula is C31H35N3O4S. The number of aromatic nitrogens is 1. The number of aliphatic carboxylic acids is 1. The first-order valence-electron chi connectivity index (χ1n) is 14.0. The number of ether oxygens (including phenoxy) is 2. The Balaban J connectivity index is 1.07. The molecule has 2 saturated heterocycles. The van der Waals surface area contributed by atoms with Gasteiger partial charge in [0, 0.05) is 37.1 Å². The second kappa shape index (κ2) is 9.61. The molecule has 0 spiro atoms. The lowest BCUT2D eigenvalue weighted by Gasteiger charge is -2.40. The van der Waals surface area contributed by atoms with E-state index in [-0.39, 0.29) is 5.92 Å². The maximum Gasteiger partial charge on any atom is 0.310 e. The zero-order valence-electron chi connectivity index (χ0n) is 22.6. The van der Waals surface area contributed by atoms with Crippen molar-refractivity contribution in [3.8, 4) is 17.0 Å². The molecule has 1 aliphatic carbocycles. The van der Waals surface area contributed by atoms with Crippen LogP contribution in [0.4, 0.5) is 5.13 Å². The van der Waals surface area contributed by atoms with Gasteiger partial charge < -0.3 is 19.5 Å². The highest BCUT2D eigenvalue weighted by molar-refractivity contribution is 7.14. The van der Waals surface area contributed by atoms with Gasteiger partial charge in [-0.1, -0.05) is 24.3 Å². The molecule has 3 aliphatic heterocycles. The van der Waals surface area contributed by atoms with Gasteiger partial charge in [-0.3, -0.25) is 9.69 Å². The first-order valence-corrected chi connectivity index (χ1v) is 14.9. The Kier molecular flexibility index (Phi) is 6.17. The van der Waals surface area contributed by atoms with Crippen LogP contribution in [0.2, 0.25) is 0 Å². The summed E-state index contributed by atoms with van der Waals surface area (Å²) < 4.78 is 11.9. The van der Waals surface area contributed by atoms with Crippen molar-refractivity contribution in [2.24, 2.45) is 11.3 Å². The number of thiazole rings is 1. The van der Waals surface area contributed by atoms with Crippen LogP contribution in [0.15, 0.2) is 35.7 Å². The Morgan fingerprint density at radius 1 is 1.23 bits per heavy atom. The molecule has 0 radical (unpaired) electrons. The quantitative estimate of drug-likeness (QED) is 0.445. The molecule has 204 valence electrons. The van der Waals surface area contributed by atoms with E-state index in [0.29, 0.717) is 19.1 Å². The fourth-order valence-corrected chi connectivity index (χ4v) is 7.55. The number of para-hydroxylation sites is 1.